The average molecular weight is 492 g/mol. The summed E-state index contributed by atoms with van der Waals surface area (Å²) in [5, 5.41) is 12.3. The Morgan fingerprint density at radius 2 is 1.71 bits per heavy atom. The van der Waals surface area contributed by atoms with Gasteiger partial charge in [0.25, 0.3) is 5.91 Å². The predicted molar refractivity (Wildman–Crippen MR) is 134 cm³/mol. The predicted octanol–water partition coefficient (Wildman–Crippen LogP) is 4.60. The summed E-state index contributed by atoms with van der Waals surface area (Å²) in [4.78, 5) is 37.8. The lowest BCUT2D eigenvalue weighted by molar-refractivity contribution is -0.114. The molecule has 1 heterocycles. The van der Waals surface area contributed by atoms with Crippen molar-refractivity contribution in [2.45, 2.75) is 19.8 Å². The number of aryl methyl sites for hydroxylation is 1. The second kappa shape index (κ2) is 10.1. The Labute approximate surface area is 207 Å². The van der Waals surface area contributed by atoms with E-state index in [-0.39, 0.29) is 35.5 Å². The van der Waals surface area contributed by atoms with E-state index < -0.39 is 12.1 Å². The fraction of sp³-hybridized carbons (Fsp3) is 0.231. The number of nitrogens with zero attached hydrogens (tertiary/aromatic N) is 2. The number of aromatic nitrogens is 1. The van der Waals surface area contributed by atoms with Crippen LogP contribution < -0.4 is 10.2 Å². The van der Waals surface area contributed by atoms with E-state index in [1.54, 1.807) is 19.9 Å². The highest BCUT2D eigenvalue weighted by atomic mass is 32.1. The van der Waals surface area contributed by atoms with Crippen molar-refractivity contribution in [2.24, 2.45) is 0 Å². The molecule has 4 rings (SSSR count). The van der Waals surface area contributed by atoms with Crippen LogP contribution in [0.2, 0.25) is 0 Å². The third-order valence-electron chi connectivity index (χ3n) is 6.00. The number of rotatable bonds is 7. The first-order valence-electron chi connectivity index (χ1n) is 11.0. The molecule has 0 bridgehead atoms. The molecule has 0 fully saturated rings. The van der Waals surface area contributed by atoms with E-state index in [0.717, 1.165) is 33.8 Å². The molecule has 1 aliphatic carbocycles. The number of aromatic carboxylic acids is 1. The second-order valence-electron chi connectivity index (χ2n) is 8.21. The third-order valence-corrected chi connectivity index (χ3v) is 7.02. The number of carboxylic acids is 1. The van der Waals surface area contributed by atoms with Crippen LogP contribution in [0.1, 0.15) is 40.0 Å². The van der Waals surface area contributed by atoms with Crippen LogP contribution in [0.15, 0.2) is 60.2 Å². The van der Waals surface area contributed by atoms with Crippen molar-refractivity contribution in [1.82, 2.24) is 9.69 Å². The molecule has 2 aromatic carbocycles. The van der Waals surface area contributed by atoms with E-state index in [4.69, 9.17) is 4.74 Å². The summed E-state index contributed by atoms with van der Waals surface area (Å²) in [6.07, 6.45) is 0.983. The summed E-state index contributed by atoms with van der Waals surface area (Å²) in [6, 6.07) is 16.2. The molecular formula is C26H25N3O5S. The number of amides is 2. The molecule has 0 atom stereocenters. The molecule has 3 aromatic rings. The van der Waals surface area contributed by atoms with Gasteiger partial charge in [0.15, 0.2) is 0 Å². The first-order valence-corrected chi connectivity index (χ1v) is 11.8. The molecule has 1 aromatic heterocycles. The van der Waals surface area contributed by atoms with Crippen LogP contribution in [0.4, 0.5) is 9.80 Å². The number of ether oxygens (including phenoxy) is 1. The molecular weight excluding hydrogens is 466 g/mol. The first-order chi connectivity index (χ1) is 16.8. The van der Waals surface area contributed by atoms with Gasteiger partial charge in [0.05, 0.1) is 5.69 Å². The fourth-order valence-corrected chi connectivity index (χ4v) is 5.06. The Bertz CT molecular complexity index is 1280. The standard InChI is InChI=1S/C26H25N3O5S/c1-15(23(30)29(3)24-22(25(31)32)16(2)28-35-24)12-13-27-26(33)34-14-21-19-10-6-4-8-17(19)18-9-5-7-11-20(18)21/h4-12,21H,13-14H2,1-3H3,(H,27,33)(H,31,32)/b15-12+. The summed E-state index contributed by atoms with van der Waals surface area (Å²) in [7, 11) is 1.50. The normalized spacial score (nSPS) is 12.6. The lowest BCUT2D eigenvalue weighted by Gasteiger charge is -2.16. The maximum absolute atomic E-state index is 12.7. The highest BCUT2D eigenvalue weighted by molar-refractivity contribution is 7.11. The third kappa shape index (κ3) is 4.81. The molecule has 0 aliphatic heterocycles. The highest BCUT2D eigenvalue weighted by Gasteiger charge is 2.29. The zero-order valence-electron chi connectivity index (χ0n) is 19.6. The number of anilines is 1. The second-order valence-corrected chi connectivity index (χ2v) is 8.96. The van der Waals surface area contributed by atoms with Gasteiger partial charge in [-0.2, -0.15) is 4.37 Å². The van der Waals surface area contributed by atoms with Gasteiger partial charge in [0, 0.05) is 25.1 Å². The number of nitrogens with one attached hydrogen (secondary N) is 1. The van der Waals surface area contributed by atoms with Crippen LogP contribution in [0.25, 0.3) is 11.1 Å². The maximum atomic E-state index is 12.7. The number of carboxylic acid groups (broad SMARTS) is 1. The molecule has 0 saturated carbocycles. The summed E-state index contributed by atoms with van der Waals surface area (Å²) in [6.45, 7) is 3.48. The number of likely N-dealkylation sites (N-methyl/N-ethyl adjacent to an activating group) is 1. The minimum Gasteiger partial charge on any atom is -0.478 e. The number of benzene rings is 2. The SMILES string of the molecule is C/C(=C\CNC(=O)OCC1c2ccccc2-c2ccccc21)C(=O)N(C)c1snc(C)c1C(=O)O. The number of fused-ring (bicyclic) bond motifs is 3. The number of carbonyl (C=O) groups is 3. The Morgan fingerprint density at radius 1 is 1.11 bits per heavy atom. The number of hydrogen-bond donors (Lipinski definition) is 2. The molecule has 2 amide bonds. The van der Waals surface area contributed by atoms with Crippen molar-refractivity contribution in [3.8, 4) is 11.1 Å². The average Bonchev–Trinajstić information content (AvgIpc) is 3.39. The van der Waals surface area contributed by atoms with E-state index in [9.17, 15) is 19.5 Å². The van der Waals surface area contributed by atoms with E-state index in [2.05, 4.69) is 34.0 Å². The molecule has 0 radical (unpaired) electrons. The highest BCUT2D eigenvalue weighted by Crippen LogP contribution is 2.44. The smallest absolute Gasteiger partial charge is 0.407 e. The molecule has 1 aliphatic rings. The van der Waals surface area contributed by atoms with Crippen molar-refractivity contribution >= 4 is 34.5 Å². The summed E-state index contributed by atoms with van der Waals surface area (Å²) < 4.78 is 9.54. The largest absolute Gasteiger partial charge is 0.478 e. The van der Waals surface area contributed by atoms with Crippen LogP contribution in [0.3, 0.4) is 0 Å². The molecule has 8 nitrogen and oxygen atoms in total. The van der Waals surface area contributed by atoms with Gasteiger partial charge < -0.3 is 20.1 Å². The van der Waals surface area contributed by atoms with Crippen molar-refractivity contribution in [3.63, 3.8) is 0 Å². The van der Waals surface area contributed by atoms with Gasteiger partial charge in [0.2, 0.25) is 0 Å². The minimum absolute atomic E-state index is 0.00964. The quantitative estimate of drug-likeness (QED) is 0.468. The van der Waals surface area contributed by atoms with Crippen molar-refractivity contribution in [3.05, 3.63) is 82.6 Å². The van der Waals surface area contributed by atoms with Crippen LogP contribution in [0.5, 0.6) is 0 Å². The van der Waals surface area contributed by atoms with E-state index in [1.807, 2.05) is 24.3 Å². The van der Waals surface area contributed by atoms with Gasteiger partial charge in [-0.3, -0.25) is 4.79 Å². The lowest BCUT2D eigenvalue weighted by atomic mass is 9.98. The van der Waals surface area contributed by atoms with E-state index >= 15 is 0 Å². The Balaban J connectivity index is 1.34. The van der Waals surface area contributed by atoms with E-state index in [0.29, 0.717) is 11.3 Å². The van der Waals surface area contributed by atoms with Crippen LogP contribution in [-0.4, -0.2) is 47.6 Å². The zero-order chi connectivity index (χ0) is 25.1. The lowest BCUT2D eigenvalue weighted by Crippen LogP contribution is -2.29. The molecule has 0 spiro atoms. The van der Waals surface area contributed by atoms with Crippen LogP contribution in [-0.2, 0) is 9.53 Å². The summed E-state index contributed by atoms with van der Waals surface area (Å²) >= 11 is 0.953. The number of alkyl carbamates (subject to hydrolysis) is 1. The van der Waals surface area contributed by atoms with Crippen LogP contribution >= 0.6 is 11.5 Å². The minimum atomic E-state index is -1.13. The number of hydrogen-bond acceptors (Lipinski definition) is 6. The van der Waals surface area contributed by atoms with Crippen molar-refractivity contribution in [1.29, 1.82) is 0 Å². The molecule has 2 N–H and O–H groups in total. The van der Waals surface area contributed by atoms with Gasteiger partial charge in [0.1, 0.15) is 17.2 Å². The van der Waals surface area contributed by atoms with Crippen molar-refractivity contribution < 1.29 is 24.2 Å². The van der Waals surface area contributed by atoms with Gasteiger partial charge in [-0.15, -0.1) is 0 Å². The Hall–Kier alpha value is -3.98. The molecule has 9 heteroatoms. The summed E-state index contributed by atoms with van der Waals surface area (Å²) in [5.74, 6) is -1.55. The topological polar surface area (TPSA) is 109 Å². The van der Waals surface area contributed by atoms with Crippen molar-refractivity contribution in [2.75, 3.05) is 25.1 Å². The van der Waals surface area contributed by atoms with Crippen LogP contribution in [0, 0.1) is 6.92 Å². The monoisotopic (exact) mass is 491 g/mol. The Morgan fingerprint density at radius 3 is 2.31 bits per heavy atom. The maximum Gasteiger partial charge on any atom is 0.407 e. The molecule has 0 unspecified atom stereocenters. The van der Waals surface area contributed by atoms with Gasteiger partial charge >= 0.3 is 12.1 Å². The van der Waals surface area contributed by atoms with E-state index in [1.165, 1.54) is 11.9 Å². The zero-order valence-corrected chi connectivity index (χ0v) is 20.4. The summed E-state index contributed by atoms with van der Waals surface area (Å²) in [5.41, 5.74) is 5.29. The van der Waals surface area contributed by atoms with Gasteiger partial charge in [-0.05, 0) is 47.6 Å². The molecule has 0 saturated heterocycles. The van der Waals surface area contributed by atoms with Gasteiger partial charge in [-0.1, -0.05) is 54.6 Å². The fourth-order valence-electron chi connectivity index (χ4n) is 4.21. The number of carbonyl (C=O) groups excluding carboxylic acids is 2. The Kier molecular flexibility index (Phi) is 6.97. The molecule has 180 valence electrons. The molecule has 35 heavy (non-hydrogen) atoms. The van der Waals surface area contributed by atoms with Gasteiger partial charge in [-0.25, -0.2) is 9.59 Å². The first kappa shape index (κ1) is 24.2.